The van der Waals surface area contributed by atoms with E-state index >= 15 is 0 Å². The maximum atomic E-state index is 12.6. The molecule has 0 aliphatic rings. The van der Waals surface area contributed by atoms with Crippen molar-refractivity contribution >= 4 is 27.5 Å². The Hall–Kier alpha value is -2.24. The molecule has 23 heavy (non-hydrogen) atoms. The Kier molecular flexibility index (Phi) is 4.41. The van der Waals surface area contributed by atoms with Gasteiger partial charge in [0.1, 0.15) is 9.71 Å². The van der Waals surface area contributed by atoms with E-state index in [0.717, 1.165) is 32.6 Å². The smallest absolute Gasteiger partial charge is 0.264 e. The lowest BCUT2D eigenvalue weighted by Gasteiger charge is -2.11. The normalized spacial score (nSPS) is 10.9. The number of nitrogens with zero attached hydrogens (tertiary/aromatic N) is 2. The van der Waals surface area contributed by atoms with Crippen molar-refractivity contribution in [3.05, 3.63) is 53.0 Å². The molecule has 2 heterocycles. The van der Waals surface area contributed by atoms with Gasteiger partial charge in [-0.2, -0.15) is 0 Å². The van der Waals surface area contributed by atoms with Gasteiger partial charge in [-0.15, -0.1) is 11.3 Å². The Bertz CT molecular complexity index is 837. The highest BCUT2D eigenvalue weighted by Gasteiger charge is 2.21. The molecule has 0 unspecified atom stereocenters. The van der Waals surface area contributed by atoms with Crippen LogP contribution >= 0.6 is 11.3 Å². The number of hydrogen-bond donors (Lipinski definition) is 1. The zero-order valence-electron chi connectivity index (χ0n) is 13.2. The van der Waals surface area contributed by atoms with Crippen LogP contribution in [0.1, 0.15) is 15.2 Å². The highest BCUT2D eigenvalue weighted by molar-refractivity contribution is 7.21. The van der Waals surface area contributed by atoms with Crippen LogP contribution in [0.5, 0.6) is 0 Å². The molecule has 2 N–H and O–H groups in total. The van der Waals surface area contributed by atoms with Crippen molar-refractivity contribution in [2.24, 2.45) is 5.73 Å². The fraction of sp³-hybridized carbons (Fsp3) is 0.222. The summed E-state index contributed by atoms with van der Waals surface area (Å²) in [4.78, 5) is 20.2. The Balaban J connectivity index is 2.17. The minimum absolute atomic E-state index is 0.00837. The molecule has 0 aliphatic heterocycles. The van der Waals surface area contributed by atoms with Crippen molar-refractivity contribution < 1.29 is 4.79 Å². The standard InChI is InChI=1S/C18H19N3OS/c1-21(2)18(22)16-15(14-4-3-11-20-17(14)23-16)13-7-5-12(6-8-13)9-10-19/h3-8,11H,9-10,19H2,1-2H3. The maximum absolute atomic E-state index is 12.6. The lowest BCUT2D eigenvalue weighted by Crippen LogP contribution is -2.21. The van der Waals surface area contributed by atoms with Gasteiger partial charge in [0.2, 0.25) is 0 Å². The SMILES string of the molecule is CN(C)C(=O)c1sc2ncccc2c1-c1ccc(CCN)cc1. The van der Waals surface area contributed by atoms with Crippen LogP contribution in [0.2, 0.25) is 0 Å². The number of carbonyl (C=O) groups excluding carboxylic acids is 1. The fourth-order valence-corrected chi connectivity index (χ4v) is 3.76. The molecule has 3 rings (SSSR count). The first kappa shape index (κ1) is 15.6. The van der Waals surface area contributed by atoms with Crippen LogP contribution in [0.4, 0.5) is 0 Å². The predicted molar refractivity (Wildman–Crippen MR) is 95.8 cm³/mol. The summed E-state index contributed by atoms with van der Waals surface area (Å²) in [5.41, 5.74) is 8.82. The maximum Gasteiger partial charge on any atom is 0.264 e. The van der Waals surface area contributed by atoms with E-state index in [1.165, 1.54) is 16.9 Å². The Morgan fingerprint density at radius 1 is 1.22 bits per heavy atom. The van der Waals surface area contributed by atoms with E-state index in [0.29, 0.717) is 6.54 Å². The number of benzene rings is 1. The van der Waals surface area contributed by atoms with Crippen LogP contribution in [-0.2, 0) is 6.42 Å². The topological polar surface area (TPSA) is 59.2 Å². The van der Waals surface area contributed by atoms with Gasteiger partial charge in [0.05, 0.1) is 0 Å². The molecule has 3 aromatic rings. The van der Waals surface area contributed by atoms with Gasteiger partial charge >= 0.3 is 0 Å². The summed E-state index contributed by atoms with van der Waals surface area (Å²) < 4.78 is 0. The number of pyridine rings is 1. The van der Waals surface area contributed by atoms with Gasteiger partial charge < -0.3 is 10.6 Å². The molecule has 0 radical (unpaired) electrons. The molecule has 118 valence electrons. The number of nitrogens with two attached hydrogens (primary N) is 1. The monoisotopic (exact) mass is 325 g/mol. The Morgan fingerprint density at radius 3 is 2.61 bits per heavy atom. The van der Waals surface area contributed by atoms with E-state index in [-0.39, 0.29) is 5.91 Å². The average Bonchev–Trinajstić information content (AvgIpc) is 2.94. The minimum atomic E-state index is 0.00837. The molecule has 0 spiro atoms. The van der Waals surface area contributed by atoms with Gasteiger partial charge in [0.25, 0.3) is 5.91 Å². The lowest BCUT2D eigenvalue weighted by molar-refractivity contribution is 0.0833. The fourth-order valence-electron chi connectivity index (χ4n) is 2.58. The molecule has 0 saturated heterocycles. The van der Waals surface area contributed by atoms with Crippen LogP contribution in [-0.4, -0.2) is 36.4 Å². The molecule has 0 bridgehead atoms. The second kappa shape index (κ2) is 6.48. The summed E-state index contributed by atoms with van der Waals surface area (Å²) in [6.07, 6.45) is 2.62. The Labute approximate surface area is 139 Å². The van der Waals surface area contributed by atoms with Crippen LogP contribution in [0.25, 0.3) is 21.3 Å². The van der Waals surface area contributed by atoms with E-state index in [1.54, 1.807) is 25.2 Å². The summed E-state index contributed by atoms with van der Waals surface area (Å²) in [5, 5.41) is 1.02. The number of thiophene rings is 1. The van der Waals surface area contributed by atoms with Crippen molar-refractivity contribution in [1.29, 1.82) is 0 Å². The van der Waals surface area contributed by atoms with Crippen LogP contribution in [0.3, 0.4) is 0 Å². The van der Waals surface area contributed by atoms with E-state index < -0.39 is 0 Å². The highest BCUT2D eigenvalue weighted by atomic mass is 32.1. The summed E-state index contributed by atoms with van der Waals surface area (Å²) in [7, 11) is 3.54. The van der Waals surface area contributed by atoms with E-state index in [1.807, 2.05) is 12.1 Å². The van der Waals surface area contributed by atoms with Crippen molar-refractivity contribution in [2.45, 2.75) is 6.42 Å². The van der Waals surface area contributed by atoms with Gasteiger partial charge in [0, 0.05) is 31.2 Å². The van der Waals surface area contributed by atoms with Crippen molar-refractivity contribution in [2.75, 3.05) is 20.6 Å². The second-order valence-corrected chi connectivity index (χ2v) is 6.60. The first-order valence-electron chi connectivity index (χ1n) is 7.50. The van der Waals surface area contributed by atoms with Crippen LogP contribution in [0, 0.1) is 0 Å². The summed E-state index contributed by atoms with van der Waals surface area (Å²) >= 11 is 1.45. The number of hydrogen-bond acceptors (Lipinski definition) is 4. The third-order valence-corrected chi connectivity index (χ3v) is 4.84. The third kappa shape index (κ3) is 2.98. The zero-order valence-corrected chi connectivity index (χ0v) is 14.1. The van der Waals surface area contributed by atoms with Gasteiger partial charge in [-0.05, 0) is 36.2 Å². The third-order valence-electron chi connectivity index (χ3n) is 3.74. The summed E-state index contributed by atoms with van der Waals surface area (Å²) in [6, 6.07) is 12.2. The van der Waals surface area contributed by atoms with Gasteiger partial charge in [-0.25, -0.2) is 4.98 Å². The predicted octanol–water partition coefficient (Wildman–Crippen LogP) is 3.17. The average molecular weight is 325 g/mol. The number of fused-ring (bicyclic) bond motifs is 1. The molecule has 0 atom stereocenters. The zero-order chi connectivity index (χ0) is 16.4. The summed E-state index contributed by atoms with van der Waals surface area (Å²) in [5.74, 6) is 0.00837. The summed E-state index contributed by atoms with van der Waals surface area (Å²) in [6.45, 7) is 0.634. The van der Waals surface area contributed by atoms with Crippen LogP contribution < -0.4 is 5.73 Å². The molecule has 1 amide bonds. The molecule has 5 heteroatoms. The highest BCUT2D eigenvalue weighted by Crippen LogP contribution is 2.38. The van der Waals surface area contributed by atoms with Crippen molar-refractivity contribution in [3.63, 3.8) is 0 Å². The first-order valence-corrected chi connectivity index (χ1v) is 8.32. The molecule has 2 aromatic heterocycles. The first-order chi connectivity index (χ1) is 11.1. The van der Waals surface area contributed by atoms with Gasteiger partial charge in [-0.3, -0.25) is 4.79 Å². The van der Waals surface area contributed by atoms with Crippen LogP contribution in [0.15, 0.2) is 42.6 Å². The number of aromatic nitrogens is 1. The minimum Gasteiger partial charge on any atom is -0.344 e. The molecule has 0 saturated carbocycles. The lowest BCUT2D eigenvalue weighted by atomic mass is 10.0. The largest absolute Gasteiger partial charge is 0.344 e. The van der Waals surface area contributed by atoms with Crippen molar-refractivity contribution in [3.8, 4) is 11.1 Å². The van der Waals surface area contributed by atoms with E-state index in [9.17, 15) is 4.79 Å². The molecule has 1 aromatic carbocycles. The number of carbonyl (C=O) groups is 1. The van der Waals surface area contributed by atoms with Gasteiger partial charge in [-0.1, -0.05) is 24.3 Å². The van der Waals surface area contributed by atoms with Gasteiger partial charge in [0.15, 0.2) is 0 Å². The van der Waals surface area contributed by atoms with E-state index in [2.05, 4.69) is 29.2 Å². The molecule has 0 fully saturated rings. The Morgan fingerprint density at radius 2 is 1.96 bits per heavy atom. The van der Waals surface area contributed by atoms with E-state index in [4.69, 9.17) is 5.73 Å². The number of amides is 1. The molecule has 4 nitrogen and oxygen atoms in total. The molecular weight excluding hydrogens is 306 g/mol. The number of rotatable bonds is 4. The quantitative estimate of drug-likeness (QED) is 0.801. The second-order valence-electron chi connectivity index (χ2n) is 5.60. The van der Waals surface area contributed by atoms with Crippen molar-refractivity contribution in [1.82, 2.24) is 9.88 Å². The molecule has 0 aliphatic carbocycles. The molecular formula is C18H19N3OS.